The lowest BCUT2D eigenvalue weighted by molar-refractivity contribution is 0.340. The molecule has 20 heavy (non-hydrogen) atoms. The van der Waals surface area contributed by atoms with E-state index < -0.39 is 0 Å². The zero-order valence-corrected chi connectivity index (χ0v) is 12.1. The Balaban J connectivity index is 2.22. The highest BCUT2D eigenvalue weighted by Gasteiger charge is 2.08. The van der Waals surface area contributed by atoms with Crippen molar-refractivity contribution in [3.05, 3.63) is 35.7 Å². The van der Waals surface area contributed by atoms with E-state index in [0.29, 0.717) is 12.4 Å². The van der Waals surface area contributed by atoms with E-state index in [1.165, 1.54) is 0 Å². The zero-order chi connectivity index (χ0) is 14.5. The van der Waals surface area contributed by atoms with Gasteiger partial charge in [-0.25, -0.2) is 9.97 Å². The first-order valence-electron chi connectivity index (χ1n) is 6.77. The van der Waals surface area contributed by atoms with Crippen LogP contribution in [0.2, 0.25) is 0 Å². The second kappa shape index (κ2) is 6.23. The fourth-order valence-electron chi connectivity index (χ4n) is 1.80. The molecule has 0 spiro atoms. The van der Waals surface area contributed by atoms with E-state index in [9.17, 15) is 0 Å². The van der Waals surface area contributed by atoms with Crippen molar-refractivity contribution >= 4 is 17.3 Å². The summed E-state index contributed by atoms with van der Waals surface area (Å²) in [6, 6.07) is 7.75. The van der Waals surface area contributed by atoms with Gasteiger partial charge in [0.2, 0.25) is 0 Å². The minimum atomic E-state index is 0.519. The molecule has 2 rings (SSSR count). The van der Waals surface area contributed by atoms with Crippen molar-refractivity contribution in [2.75, 3.05) is 17.7 Å². The molecule has 5 heteroatoms. The molecule has 106 valence electrons. The van der Waals surface area contributed by atoms with Crippen molar-refractivity contribution in [1.82, 2.24) is 9.97 Å². The Kier molecular flexibility index (Phi) is 4.40. The second-order valence-corrected chi connectivity index (χ2v) is 4.43. The number of rotatable bonds is 5. The van der Waals surface area contributed by atoms with Gasteiger partial charge in [-0.15, -0.1) is 0 Å². The number of anilines is 3. The van der Waals surface area contributed by atoms with Crippen LogP contribution < -0.4 is 15.8 Å². The van der Waals surface area contributed by atoms with Crippen LogP contribution in [0.25, 0.3) is 0 Å². The SMILES string of the molecule is CCOc1ccc(Nc2nc(CC)nc(N)c2C)cc1. The molecule has 0 saturated carbocycles. The molecule has 5 nitrogen and oxygen atoms in total. The molecule has 0 aliphatic rings. The molecule has 0 saturated heterocycles. The predicted octanol–water partition coefficient (Wildman–Crippen LogP) is 3.07. The largest absolute Gasteiger partial charge is 0.494 e. The number of nitrogens with zero attached hydrogens (tertiary/aromatic N) is 2. The summed E-state index contributed by atoms with van der Waals surface area (Å²) in [6.07, 6.45) is 0.752. The Morgan fingerprint density at radius 1 is 1.15 bits per heavy atom. The first-order valence-corrected chi connectivity index (χ1v) is 6.77. The lowest BCUT2D eigenvalue weighted by Gasteiger charge is -2.12. The van der Waals surface area contributed by atoms with Crippen LogP contribution in [-0.2, 0) is 6.42 Å². The first-order chi connectivity index (χ1) is 9.63. The van der Waals surface area contributed by atoms with E-state index in [1.54, 1.807) is 0 Å². The third-order valence-electron chi connectivity index (χ3n) is 2.97. The molecule has 0 bridgehead atoms. The Hall–Kier alpha value is -2.30. The van der Waals surface area contributed by atoms with Gasteiger partial charge < -0.3 is 15.8 Å². The van der Waals surface area contributed by atoms with Gasteiger partial charge in [-0.05, 0) is 38.1 Å². The molecule has 0 fully saturated rings. The smallest absolute Gasteiger partial charge is 0.139 e. The van der Waals surface area contributed by atoms with Crippen molar-refractivity contribution in [1.29, 1.82) is 0 Å². The Morgan fingerprint density at radius 3 is 2.45 bits per heavy atom. The number of benzene rings is 1. The monoisotopic (exact) mass is 272 g/mol. The number of nitrogens with two attached hydrogens (primary N) is 1. The number of aryl methyl sites for hydroxylation is 1. The summed E-state index contributed by atoms with van der Waals surface area (Å²) in [5, 5.41) is 3.27. The van der Waals surface area contributed by atoms with E-state index in [2.05, 4.69) is 15.3 Å². The van der Waals surface area contributed by atoms with Crippen LogP contribution in [0.15, 0.2) is 24.3 Å². The number of hydrogen-bond donors (Lipinski definition) is 2. The summed E-state index contributed by atoms with van der Waals surface area (Å²) in [6.45, 7) is 6.54. The molecule has 3 N–H and O–H groups in total. The third kappa shape index (κ3) is 3.17. The van der Waals surface area contributed by atoms with Crippen molar-refractivity contribution in [2.24, 2.45) is 0 Å². The number of aromatic nitrogens is 2. The van der Waals surface area contributed by atoms with Crippen LogP contribution in [0.1, 0.15) is 25.2 Å². The van der Waals surface area contributed by atoms with Gasteiger partial charge >= 0.3 is 0 Å². The van der Waals surface area contributed by atoms with Crippen LogP contribution in [0.4, 0.5) is 17.3 Å². The van der Waals surface area contributed by atoms with E-state index >= 15 is 0 Å². The molecule has 0 atom stereocenters. The van der Waals surface area contributed by atoms with Gasteiger partial charge in [0.25, 0.3) is 0 Å². The first kappa shape index (κ1) is 14.1. The standard InChI is InChI=1S/C15H20N4O/c1-4-13-18-14(16)10(3)15(19-13)17-11-6-8-12(9-7-11)20-5-2/h6-9H,4-5H2,1-3H3,(H3,16,17,18,19). The van der Waals surface area contributed by atoms with Gasteiger partial charge in [-0.1, -0.05) is 6.92 Å². The van der Waals surface area contributed by atoms with E-state index in [1.807, 2.05) is 45.0 Å². The Morgan fingerprint density at radius 2 is 1.85 bits per heavy atom. The maximum Gasteiger partial charge on any atom is 0.139 e. The number of ether oxygens (including phenoxy) is 1. The topological polar surface area (TPSA) is 73.1 Å². The van der Waals surface area contributed by atoms with Crippen molar-refractivity contribution in [3.63, 3.8) is 0 Å². The van der Waals surface area contributed by atoms with Gasteiger partial charge in [0, 0.05) is 17.7 Å². The summed E-state index contributed by atoms with van der Waals surface area (Å²) in [5.74, 6) is 2.86. The zero-order valence-electron chi connectivity index (χ0n) is 12.1. The average Bonchev–Trinajstić information content (AvgIpc) is 2.46. The lowest BCUT2D eigenvalue weighted by Crippen LogP contribution is -2.06. The van der Waals surface area contributed by atoms with E-state index in [-0.39, 0.29) is 0 Å². The van der Waals surface area contributed by atoms with Gasteiger partial charge in [-0.2, -0.15) is 0 Å². The highest BCUT2D eigenvalue weighted by atomic mass is 16.5. The molecule has 0 aliphatic heterocycles. The van der Waals surface area contributed by atoms with Crippen molar-refractivity contribution in [3.8, 4) is 5.75 Å². The predicted molar refractivity (Wildman–Crippen MR) is 81.5 cm³/mol. The molecule has 1 aromatic carbocycles. The van der Waals surface area contributed by atoms with Crippen LogP contribution in [0.5, 0.6) is 5.75 Å². The maximum atomic E-state index is 5.90. The molecule has 1 heterocycles. The van der Waals surface area contributed by atoms with Crippen molar-refractivity contribution in [2.45, 2.75) is 27.2 Å². The summed E-state index contributed by atoms with van der Waals surface area (Å²) >= 11 is 0. The van der Waals surface area contributed by atoms with Crippen LogP contribution in [0.3, 0.4) is 0 Å². The summed E-state index contributed by atoms with van der Waals surface area (Å²) in [5.41, 5.74) is 7.70. The number of hydrogen-bond acceptors (Lipinski definition) is 5. The number of nitrogens with one attached hydrogen (secondary N) is 1. The fraction of sp³-hybridized carbons (Fsp3) is 0.333. The second-order valence-electron chi connectivity index (χ2n) is 4.43. The van der Waals surface area contributed by atoms with Crippen LogP contribution in [-0.4, -0.2) is 16.6 Å². The third-order valence-corrected chi connectivity index (χ3v) is 2.97. The van der Waals surface area contributed by atoms with Crippen molar-refractivity contribution < 1.29 is 4.74 Å². The maximum absolute atomic E-state index is 5.90. The molecule has 0 aliphatic carbocycles. The molecular formula is C15H20N4O. The Bertz CT molecular complexity index is 581. The average molecular weight is 272 g/mol. The Labute approximate surface area is 119 Å². The summed E-state index contributed by atoms with van der Waals surface area (Å²) in [4.78, 5) is 8.71. The van der Waals surface area contributed by atoms with E-state index in [0.717, 1.165) is 35.1 Å². The van der Waals surface area contributed by atoms with Crippen LogP contribution >= 0.6 is 0 Å². The highest BCUT2D eigenvalue weighted by molar-refractivity contribution is 5.64. The molecular weight excluding hydrogens is 252 g/mol. The van der Waals surface area contributed by atoms with Gasteiger partial charge in [-0.3, -0.25) is 0 Å². The quantitative estimate of drug-likeness (QED) is 0.875. The minimum Gasteiger partial charge on any atom is -0.494 e. The van der Waals surface area contributed by atoms with Gasteiger partial charge in [0.05, 0.1) is 6.61 Å². The minimum absolute atomic E-state index is 0.519. The molecule has 0 unspecified atom stereocenters. The molecule has 2 aromatic rings. The summed E-state index contributed by atoms with van der Waals surface area (Å²) in [7, 11) is 0. The summed E-state index contributed by atoms with van der Waals surface area (Å²) < 4.78 is 5.42. The molecule has 1 aromatic heterocycles. The normalized spacial score (nSPS) is 10.3. The fourth-order valence-corrected chi connectivity index (χ4v) is 1.80. The van der Waals surface area contributed by atoms with Crippen LogP contribution in [0, 0.1) is 6.92 Å². The van der Waals surface area contributed by atoms with E-state index in [4.69, 9.17) is 10.5 Å². The van der Waals surface area contributed by atoms with Gasteiger partial charge in [0.15, 0.2) is 0 Å². The van der Waals surface area contributed by atoms with Gasteiger partial charge in [0.1, 0.15) is 23.2 Å². The highest BCUT2D eigenvalue weighted by Crippen LogP contribution is 2.23. The number of nitrogen functional groups attached to an aromatic ring is 1. The molecule has 0 amide bonds. The molecule has 0 radical (unpaired) electrons. The lowest BCUT2D eigenvalue weighted by atomic mass is 10.2.